The van der Waals surface area contributed by atoms with Gasteiger partial charge in [-0.25, -0.2) is 0 Å². The normalized spacial score (nSPS) is 12.8. The molecule has 2 aromatic carbocycles. The summed E-state index contributed by atoms with van der Waals surface area (Å²) >= 11 is 0. The van der Waals surface area contributed by atoms with Gasteiger partial charge >= 0.3 is 0 Å². The predicted octanol–water partition coefficient (Wildman–Crippen LogP) is 3.61. The Bertz CT molecular complexity index is 635. The Balaban J connectivity index is 2.35. The van der Waals surface area contributed by atoms with E-state index in [9.17, 15) is 10.5 Å². The van der Waals surface area contributed by atoms with E-state index >= 15 is 0 Å². The van der Waals surface area contributed by atoms with Crippen molar-refractivity contribution in [1.82, 2.24) is 0 Å². The summed E-state index contributed by atoms with van der Waals surface area (Å²) in [5.74, 6) is -0.235. The van der Waals surface area contributed by atoms with Crippen molar-refractivity contribution in [2.75, 3.05) is 7.11 Å². The molecule has 0 radical (unpaired) electrons. The first-order valence-electron chi connectivity index (χ1n) is 6.28. The van der Waals surface area contributed by atoms with Gasteiger partial charge in [0.1, 0.15) is 5.75 Å². The van der Waals surface area contributed by atoms with Crippen LogP contribution in [0.5, 0.6) is 5.75 Å². The van der Waals surface area contributed by atoms with Gasteiger partial charge in [0.25, 0.3) is 0 Å². The molecule has 0 N–H and O–H groups in total. The Morgan fingerprint density at radius 3 is 1.75 bits per heavy atom. The molecule has 2 aromatic rings. The number of nitriles is 2. The summed E-state index contributed by atoms with van der Waals surface area (Å²) in [7, 11) is 1.60. The number of methoxy groups -OCH3 is 1. The third kappa shape index (κ3) is 2.79. The van der Waals surface area contributed by atoms with Gasteiger partial charge in [-0.15, -0.1) is 0 Å². The number of rotatable bonds is 4. The molecule has 2 atom stereocenters. The van der Waals surface area contributed by atoms with Crippen molar-refractivity contribution in [2.24, 2.45) is 0 Å². The fourth-order valence-corrected chi connectivity index (χ4v) is 2.15. The highest BCUT2D eigenvalue weighted by Gasteiger charge is 2.24. The SMILES string of the molecule is COc1ccc(C(C#N)C(C#N)c2ccccc2)cc1. The van der Waals surface area contributed by atoms with E-state index in [1.807, 2.05) is 42.5 Å². The van der Waals surface area contributed by atoms with Gasteiger partial charge in [0.2, 0.25) is 0 Å². The van der Waals surface area contributed by atoms with Crippen LogP contribution in [-0.4, -0.2) is 7.11 Å². The topological polar surface area (TPSA) is 56.8 Å². The third-order valence-corrected chi connectivity index (χ3v) is 3.25. The van der Waals surface area contributed by atoms with Gasteiger partial charge in [-0.2, -0.15) is 10.5 Å². The molecule has 0 spiro atoms. The summed E-state index contributed by atoms with van der Waals surface area (Å²) < 4.78 is 5.11. The molecule has 2 rings (SSSR count). The summed E-state index contributed by atoms with van der Waals surface area (Å²) in [6.07, 6.45) is 0. The van der Waals surface area contributed by atoms with Crippen LogP contribution in [0.3, 0.4) is 0 Å². The summed E-state index contributed by atoms with van der Waals surface area (Å²) in [5.41, 5.74) is 1.68. The second-order valence-corrected chi connectivity index (χ2v) is 4.40. The Hall–Kier alpha value is -2.78. The quantitative estimate of drug-likeness (QED) is 0.845. The fraction of sp³-hybridized carbons (Fsp3) is 0.176. The third-order valence-electron chi connectivity index (χ3n) is 3.25. The molecule has 0 fully saturated rings. The molecule has 0 heterocycles. The molecule has 0 aliphatic heterocycles. The van der Waals surface area contributed by atoms with Crippen molar-refractivity contribution < 1.29 is 4.74 Å². The molecule has 0 aliphatic carbocycles. The van der Waals surface area contributed by atoms with E-state index in [2.05, 4.69) is 12.1 Å². The van der Waals surface area contributed by atoms with Crippen LogP contribution in [-0.2, 0) is 0 Å². The minimum Gasteiger partial charge on any atom is -0.497 e. The van der Waals surface area contributed by atoms with Crippen LogP contribution >= 0.6 is 0 Å². The summed E-state index contributed by atoms with van der Waals surface area (Å²) in [4.78, 5) is 0. The number of benzene rings is 2. The molecule has 98 valence electrons. The number of ether oxygens (including phenoxy) is 1. The highest BCUT2D eigenvalue weighted by Crippen LogP contribution is 2.32. The van der Waals surface area contributed by atoms with Gasteiger partial charge in [-0.1, -0.05) is 42.5 Å². The Labute approximate surface area is 118 Å². The van der Waals surface area contributed by atoms with E-state index in [0.29, 0.717) is 0 Å². The number of hydrogen-bond donors (Lipinski definition) is 0. The lowest BCUT2D eigenvalue weighted by Gasteiger charge is -2.16. The first-order chi connectivity index (χ1) is 9.80. The molecule has 0 amide bonds. The van der Waals surface area contributed by atoms with Crippen LogP contribution in [0.4, 0.5) is 0 Å². The van der Waals surface area contributed by atoms with E-state index in [1.165, 1.54) is 0 Å². The predicted molar refractivity (Wildman–Crippen MR) is 76.1 cm³/mol. The van der Waals surface area contributed by atoms with Gasteiger partial charge in [0.05, 0.1) is 31.1 Å². The number of hydrogen-bond acceptors (Lipinski definition) is 3. The maximum Gasteiger partial charge on any atom is 0.118 e. The maximum atomic E-state index is 9.44. The molecular formula is C17H14N2O. The average molecular weight is 262 g/mol. The van der Waals surface area contributed by atoms with E-state index in [1.54, 1.807) is 19.2 Å². The summed E-state index contributed by atoms with van der Waals surface area (Å²) in [5, 5.41) is 18.9. The van der Waals surface area contributed by atoms with E-state index in [-0.39, 0.29) is 0 Å². The zero-order valence-electron chi connectivity index (χ0n) is 11.2. The van der Waals surface area contributed by atoms with Crippen LogP contribution in [0.1, 0.15) is 23.0 Å². The van der Waals surface area contributed by atoms with Crippen LogP contribution in [0, 0.1) is 22.7 Å². The van der Waals surface area contributed by atoms with Crippen LogP contribution in [0.2, 0.25) is 0 Å². The van der Waals surface area contributed by atoms with Crippen LogP contribution in [0.15, 0.2) is 54.6 Å². The van der Waals surface area contributed by atoms with Crippen molar-refractivity contribution in [3.63, 3.8) is 0 Å². The zero-order chi connectivity index (χ0) is 14.4. The minimum atomic E-state index is -0.492. The lowest BCUT2D eigenvalue weighted by molar-refractivity contribution is 0.414. The molecule has 0 saturated heterocycles. The second-order valence-electron chi connectivity index (χ2n) is 4.40. The fourth-order valence-electron chi connectivity index (χ4n) is 2.15. The second kappa shape index (κ2) is 6.41. The van der Waals surface area contributed by atoms with Gasteiger partial charge in [0.15, 0.2) is 0 Å². The monoisotopic (exact) mass is 262 g/mol. The molecule has 0 bridgehead atoms. The molecule has 3 nitrogen and oxygen atoms in total. The Morgan fingerprint density at radius 2 is 1.30 bits per heavy atom. The molecule has 0 aromatic heterocycles. The minimum absolute atomic E-state index is 0.477. The highest BCUT2D eigenvalue weighted by atomic mass is 16.5. The van der Waals surface area contributed by atoms with Crippen molar-refractivity contribution >= 4 is 0 Å². The molecular weight excluding hydrogens is 248 g/mol. The molecule has 2 unspecified atom stereocenters. The average Bonchev–Trinajstić information content (AvgIpc) is 2.53. The largest absolute Gasteiger partial charge is 0.497 e. The highest BCUT2D eigenvalue weighted by molar-refractivity contribution is 5.39. The van der Waals surface area contributed by atoms with Gasteiger partial charge < -0.3 is 4.74 Å². The molecule has 20 heavy (non-hydrogen) atoms. The molecule has 0 saturated carbocycles. The Morgan fingerprint density at radius 1 is 0.800 bits per heavy atom. The maximum absolute atomic E-state index is 9.44. The first-order valence-corrected chi connectivity index (χ1v) is 6.28. The van der Waals surface area contributed by atoms with E-state index < -0.39 is 11.8 Å². The Kier molecular flexibility index (Phi) is 4.37. The lowest BCUT2D eigenvalue weighted by atomic mass is 9.83. The molecule has 3 heteroatoms. The van der Waals surface area contributed by atoms with Crippen LogP contribution < -0.4 is 4.74 Å². The lowest BCUT2D eigenvalue weighted by Crippen LogP contribution is -2.08. The van der Waals surface area contributed by atoms with Gasteiger partial charge in [0, 0.05) is 0 Å². The van der Waals surface area contributed by atoms with Crippen molar-refractivity contribution in [3.8, 4) is 17.9 Å². The molecule has 0 aliphatic rings. The number of nitrogens with zero attached hydrogens (tertiary/aromatic N) is 2. The van der Waals surface area contributed by atoms with E-state index in [4.69, 9.17) is 4.74 Å². The van der Waals surface area contributed by atoms with Crippen molar-refractivity contribution in [1.29, 1.82) is 10.5 Å². The smallest absolute Gasteiger partial charge is 0.118 e. The van der Waals surface area contributed by atoms with E-state index in [0.717, 1.165) is 16.9 Å². The summed E-state index contributed by atoms with van der Waals surface area (Å²) in [6, 6.07) is 21.2. The van der Waals surface area contributed by atoms with Gasteiger partial charge in [-0.3, -0.25) is 0 Å². The van der Waals surface area contributed by atoms with Crippen molar-refractivity contribution in [3.05, 3.63) is 65.7 Å². The van der Waals surface area contributed by atoms with Crippen LogP contribution in [0.25, 0.3) is 0 Å². The van der Waals surface area contributed by atoms with Crippen molar-refractivity contribution in [2.45, 2.75) is 11.8 Å². The van der Waals surface area contributed by atoms with Gasteiger partial charge in [-0.05, 0) is 23.3 Å². The zero-order valence-corrected chi connectivity index (χ0v) is 11.2. The summed E-state index contributed by atoms with van der Waals surface area (Å²) in [6.45, 7) is 0. The standard InChI is InChI=1S/C17H14N2O/c1-20-15-9-7-14(8-10-15)17(12-19)16(11-18)13-5-3-2-4-6-13/h2-10,16-17H,1H3. The first kappa shape index (κ1) is 13.6.